The Bertz CT molecular complexity index is 4040. The van der Waals surface area contributed by atoms with Gasteiger partial charge in [0.05, 0.1) is 29.0 Å². The van der Waals surface area contributed by atoms with E-state index in [2.05, 4.69) is 201 Å². The Morgan fingerprint density at radius 2 is 0.800 bits per heavy atom. The maximum atomic E-state index is 14.1. The summed E-state index contributed by atoms with van der Waals surface area (Å²) in [6.45, 7) is 58.1. The summed E-state index contributed by atoms with van der Waals surface area (Å²) in [6, 6.07) is 39.9. The van der Waals surface area contributed by atoms with Crippen molar-refractivity contribution in [1.29, 1.82) is 0 Å². The zero-order valence-corrected chi connectivity index (χ0v) is 90.4. The average Bonchev–Trinajstić information content (AvgIpc) is 1.60. The Hall–Kier alpha value is -3.69. The van der Waals surface area contributed by atoms with Gasteiger partial charge >= 0.3 is 18.9 Å². The van der Waals surface area contributed by atoms with Crippen molar-refractivity contribution in [3.8, 4) is 0 Å². The molecule has 6 unspecified atom stereocenters. The van der Waals surface area contributed by atoms with E-state index in [1.165, 1.54) is 176 Å². The van der Waals surface area contributed by atoms with Crippen LogP contribution in [0.3, 0.4) is 0 Å². The number of aliphatic hydroxyl groups is 3. The van der Waals surface area contributed by atoms with Crippen LogP contribution >= 0.6 is 7.14 Å². The Morgan fingerprint density at radius 1 is 0.469 bits per heavy atom. The van der Waals surface area contributed by atoms with E-state index in [9.17, 15) is 24.7 Å². The van der Waals surface area contributed by atoms with Gasteiger partial charge in [-0.2, -0.15) is 36.4 Å². The van der Waals surface area contributed by atoms with Gasteiger partial charge in [-0.1, -0.05) is 305 Å². The first-order valence-corrected chi connectivity index (χ1v) is 59.7. The second-order valence-corrected chi connectivity index (χ2v) is 57.5. The predicted molar refractivity (Wildman–Crippen MR) is 564 cm³/mol. The van der Waals surface area contributed by atoms with Crippen molar-refractivity contribution in [2.24, 2.45) is 93.2 Å². The average molecular weight is 1830 g/mol. The minimum Gasteiger partial charge on any atom is -0.412 e. The van der Waals surface area contributed by atoms with Crippen LogP contribution < -0.4 is 29.5 Å². The molecule has 130 heavy (non-hydrogen) atoms. The predicted octanol–water partition coefficient (Wildman–Crippen LogP) is 30.2. The van der Waals surface area contributed by atoms with Crippen LogP contribution in [0.5, 0.6) is 0 Å². The normalized spacial score (nSPS) is 29.0. The molecule has 0 bridgehead atoms. The van der Waals surface area contributed by atoms with Gasteiger partial charge in [-0.15, -0.1) is 0 Å². The van der Waals surface area contributed by atoms with Crippen molar-refractivity contribution in [3.05, 3.63) is 190 Å². The minimum atomic E-state index is -2.64. The number of hydrogen-bond donors (Lipinski definition) is 3. The molecule has 9 fully saturated rings. The number of Topliss-reactive ketones (excluding diaryl/α,β-unsaturated/α-hetero) is 1. The van der Waals surface area contributed by atoms with Crippen LogP contribution in [-0.4, -0.2) is 72.9 Å². The van der Waals surface area contributed by atoms with Crippen molar-refractivity contribution < 1.29 is 52.4 Å². The molecule has 0 spiro atoms. The number of ketones is 1. The van der Waals surface area contributed by atoms with E-state index >= 15 is 0 Å². The first-order chi connectivity index (χ1) is 60.7. The second-order valence-electron chi connectivity index (χ2n) is 45.3. The number of carbonyl (C=O) groups excluding carboxylic acids is 1. The van der Waals surface area contributed by atoms with Gasteiger partial charge in [-0.05, 0) is 339 Å². The standard InChI is InChI=1S/C36H64OSi.C28H46O3.C24H46O2Si.C24H29OP.C6H5.CH4.Li/c1-11-32-28(6)25-30(26-29(32)7)19-20-31-18-16-24-36(10)33(21-22-34(31)36)27(5)17-15-23-35(8,9)37-38(12-2,13-3)14-4;1-6-22-25(29)17-20(18-26(22)30)11-12-21-10-8-16-28(5)23(13-14-24(21)28)19(2)9-7-15-27(3,4)31;1-8-27(9-2,10-3)26-23(5,6)17-11-13-19(4)20-15-16-21-22(25)14-12-18-24(20,21)7;1-4-24-19(2)17-21(18-20(24)3)15-16-26(25,22-11-7-5-8-12-22)23-13-9-6-10-14-23;1-2-4-6-5-3-1;;/h11,19-20,27-29,33-34H,12-18,21-26H2,1-10H3;6,11-12,19,23-26,29-31H,7-10,13-18H2,1-5H3;19-21H,8-18H2,1-7H3;4-15,19-20H,16-18H2,1-3H3;1-5H;1H4;/q;;;;-1;;+1/b30-19?,31-20+,32-11?;20-11?,21-12+,22-6?;;;;;/t27-,28-,29-,33?,34?,36-;19-,23?,24?,25-,26-,28-;19-,20?,21?,24-;19-,20-;;;/m1111.../s1. The molecule has 18 atom stereocenters. The Balaban J connectivity index is 0.000000262. The second kappa shape index (κ2) is 52.9. The molecule has 0 aliphatic heterocycles. The third kappa shape index (κ3) is 30.9. The van der Waals surface area contributed by atoms with E-state index in [1.54, 1.807) is 27.9 Å². The molecule has 0 saturated heterocycles. The maximum absolute atomic E-state index is 14.1. The first kappa shape index (κ1) is 115. The molecule has 3 aromatic rings. The summed E-state index contributed by atoms with van der Waals surface area (Å²) in [7, 11) is -5.73. The zero-order chi connectivity index (χ0) is 94.1. The van der Waals surface area contributed by atoms with Crippen molar-refractivity contribution in [3.63, 3.8) is 0 Å². The SMILES string of the molecule is C.CC=C1[C@H](C)CC(=C/C=C2\CCC[C@@]3(C)C2CCC3[C@H](C)CCCC(C)(C)O[Si](CC)(CC)CC)C[C@H]1C.CC=C1[C@H](C)CC(=CCP(=O)(c2ccccc2)c2ccccc2)C[C@H]1C.CC=C1[C@H](O)CC(=C/C=C2\CCC[C@@]3(C)C2CCC3[C@H](C)CCCC(C)(C)O)C[C@H]1O.CC[Si](CC)(CC)OC(C)(C)CCC[C@@H](C)C1CCC2C(=O)CCC[C@@]21C.[Li+].[c-]1ccccc1. The molecule has 3 aromatic carbocycles. The van der Waals surface area contributed by atoms with Crippen LogP contribution in [0.4, 0.5) is 0 Å². The Kier molecular flexibility index (Phi) is 46.8. The third-order valence-corrected chi connectivity index (χ3v) is 47.8. The fourth-order valence-electron chi connectivity index (χ4n) is 27.6. The molecule has 726 valence electrons. The molecule has 0 aromatic heterocycles. The molecule has 9 aliphatic carbocycles. The molecule has 7 nitrogen and oxygen atoms in total. The summed E-state index contributed by atoms with van der Waals surface area (Å²) in [5, 5.41) is 32.7. The Morgan fingerprint density at radius 3 is 1.14 bits per heavy atom. The summed E-state index contributed by atoms with van der Waals surface area (Å²) in [5.41, 5.74) is 12.4. The summed E-state index contributed by atoms with van der Waals surface area (Å²) < 4.78 is 27.8. The van der Waals surface area contributed by atoms with E-state index in [0.717, 1.165) is 103 Å². The van der Waals surface area contributed by atoms with Gasteiger partial charge in [-0.3, -0.25) is 4.79 Å². The van der Waals surface area contributed by atoms with E-state index in [0.29, 0.717) is 77.0 Å². The number of hydrogen-bond acceptors (Lipinski definition) is 7. The fraction of sp³-hybridized carbons (Fsp3) is 0.706. The van der Waals surface area contributed by atoms with E-state index in [1.807, 2.05) is 118 Å². The van der Waals surface area contributed by atoms with Crippen LogP contribution in [0.25, 0.3) is 0 Å². The number of aliphatic hydroxyl groups excluding tert-OH is 2. The Labute approximate surface area is 814 Å². The van der Waals surface area contributed by atoms with Gasteiger partial charge < -0.3 is 28.7 Å². The number of fused-ring (bicyclic) bond motifs is 3. The van der Waals surface area contributed by atoms with E-state index < -0.39 is 41.6 Å². The van der Waals surface area contributed by atoms with Crippen LogP contribution in [0, 0.1) is 99.2 Å². The van der Waals surface area contributed by atoms with Crippen molar-refractivity contribution in [2.75, 3.05) is 6.16 Å². The van der Waals surface area contributed by atoms with Gasteiger partial charge in [0.2, 0.25) is 0 Å². The van der Waals surface area contributed by atoms with Crippen molar-refractivity contribution in [2.45, 2.75) is 438 Å². The van der Waals surface area contributed by atoms with E-state index in [4.69, 9.17) is 8.85 Å². The van der Waals surface area contributed by atoms with Gasteiger partial charge in [0, 0.05) is 29.1 Å². The summed E-state index contributed by atoms with van der Waals surface area (Å²) in [5.74, 6) is 9.66. The smallest absolute Gasteiger partial charge is 0.412 e. The molecule has 0 radical (unpaired) electrons. The van der Waals surface area contributed by atoms with Crippen LogP contribution in [0.15, 0.2) is 184 Å². The molecular formula is C119H194LiO7PSi2. The van der Waals surface area contributed by atoms with Gasteiger partial charge in [0.1, 0.15) is 12.9 Å². The number of benzene rings is 3. The molecule has 3 N–H and O–H groups in total. The third-order valence-electron chi connectivity index (χ3n) is 35.1. The maximum Gasteiger partial charge on any atom is 1.00 e. The number of allylic oxidation sites excluding steroid dienone is 14. The summed E-state index contributed by atoms with van der Waals surface area (Å²) >= 11 is 0. The summed E-state index contributed by atoms with van der Waals surface area (Å²) in [4.78, 5) is 12.4. The van der Waals surface area contributed by atoms with Crippen molar-refractivity contribution in [1.82, 2.24) is 0 Å². The first-order valence-electron chi connectivity index (χ1n) is 52.7. The fourth-order valence-corrected chi connectivity index (χ4v) is 36.6. The van der Waals surface area contributed by atoms with Crippen LogP contribution in [0.1, 0.15) is 373 Å². The molecular weight excluding hydrogens is 1640 g/mol. The van der Waals surface area contributed by atoms with Crippen molar-refractivity contribution >= 4 is 40.2 Å². The molecule has 11 heteroatoms. The number of rotatable bonds is 31. The van der Waals surface area contributed by atoms with Crippen LogP contribution in [-0.2, 0) is 18.2 Å². The molecule has 0 amide bonds. The zero-order valence-electron chi connectivity index (χ0n) is 87.5. The quantitative estimate of drug-likeness (QED) is 0.0254. The molecule has 9 aliphatic rings. The monoisotopic (exact) mass is 1830 g/mol. The largest absolute Gasteiger partial charge is 1.00 e. The van der Waals surface area contributed by atoms with E-state index in [-0.39, 0.29) is 42.9 Å². The minimum absolute atomic E-state index is 0. The van der Waals surface area contributed by atoms with Gasteiger partial charge in [0.25, 0.3) is 0 Å². The molecule has 0 heterocycles. The van der Waals surface area contributed by atoms with Gasteiger partial charge in [-0.25, -0.2) is 0 Å². The number of carbonyl (C=O) groups is 1. The topological polar surface area (TPSA) is 113 Å². The summed E-state index contributed by atoms with van der Waals surface area (Å²) in [6.07, 6.45) is 53.9. The molecule has 9 saturated carbocycles. The molecule has 12 rings (SSSR count). The van der Waals surface area contributed by atoms with Gasteiger partial charge in [0.15, 0.2) is 16.6 Å². The van der Waals surface area contributed by atoms with Crippen LogP contribution in [0.2, 0.25) is 36.3 Å².